The van der Waals surface area contributed by atoms with E-state index >= 15 is 0 Å². The highest BCUT2D eigenvalue weighted by Gasteiger charge is 2.27. The molecule has 0 aliphatic rings. The van der Waals surface area contributed by atoms with E-state index in [9.17, 15) is 18.3 Å². The van der Waals surface area contributed by atoms with Gasteiger partial charge in [-0.25, -0.2) is 0 Å². The number of halogens is 3. The Balaban J connectivity index is 2.08. The third-order valence-corrected chi connectivity index (χ3v) is 3.00. The van der Waals surface area contributed by atoms with Gasteiger partial charge in [0.05, 0.1) is 13.7 Å². The predicted molar refractivity (Wildman–Crippen MR) is 72.3 cm³/mol. The van der Waals surface area contributed by atoms with Crippen LogP contribution in [0.1, 0.15) is 11.7 Å². The molecule has 1 unspecified atom stereocenters. The quantitative estimate of drug-likeness (QED) is 0.919. The first-order valence-electron chi connectivity index (χ1n) is 6.29. The lowest BCUT2D eigenvalue weighted by molar-refractivity contribution is -0.179. The number of rotatable bonds is 5. The summed E-state index contributed by atoms with van der Waals surface area (Å²) in [6, 6.07) is 10.6. The van der Waals surface area contributed by atoms with Crippen molar-refractivity contribution in [3.63, 3.8) is 0 Å². The fourth-order valence-electron chi connectivity index (χ4n) is 1.96. The van der Waals surface area contributed by atoms with Crippen LogP contribution in [0.2, 0.25) is 0 Å². The number of aliphatic hydroxyl groups is 1. The van der Waals surface area contributed by atoms with E-state index in [1.165, 1.54) is 0 Å². The SMILES string of the molecule is COc1ccc2cc(C(O)COCC(F)(F)F)ccc2c1. The monoisotopic (exact) mass is 300 g/mol. The molecule has 2 aromatic rings. The molecule has 6 heteroatoms. The van der Waals surface area contributed by atoms with Crippen LogP contribution in [0.25, 0.3) is 10.8 Å². The third kappa shape index (κ3) is 4.34. The van der Waals surface area contributed by atoms with E-state index in [2.05, 4.69) is 4.74 Å². The highest BCUT2D eigenvalue weighted by Crippen LogP contribution is 2.25. The molecule has 0 saturated carbocycles. The van der Waals surface area contributed by atoms with E-state index in [0.29, 0.717) is 11.3 Å². The fraction of sp³-hybridized carbons (Fsp3) is 0.333. The molecule has 0 spiro atoms. The zero-order valence-corrected chi connectivity index (χ0v) is 11.4. The van der Waals surface area contributed by atoms with E-state index in [1.54, 1.807) is 31.4 Å². The first kappa shape index (κ1) is 15.6. The first-order valence-corrected chi connectivity index (χ1v) is 6.29. The minimum Gasteiger partial charge on any atom is -0.497 e. The predicted octanol–water partition coefficient (Wildman–Crippen LogP) is 3.46. The van der Waals surface area contributed by atoms with Crippen molar-refractivity contribution < 1.29 is 27.8 Å². The van der Waals surface area contributed by atoms with Crippen LogP contribution in [0.4, 0.5) is 13.2 Å². The summed E-state index contributed by atoms with van der Waals surface area (Å²) in [7, 11) is 1.57. The van der Waals surface area contributed by atoms with Crippen LogP contribution >= 0.6 is 0 Å². The largest absolute Gasteiger partial charge is 0.497 e. The van der Waals surface area contributed by atoms with Crippen molar-refractivity contribution in [1.29, 1.82) is 0 Å². The van der Waals surface area contributed by atoms with Crippen LogP contribution in [-0.2, 0) is 4.74 Å². The summed E-state index contributed by atoms with van der Waals surface area (Å²) in [6.45, 7) is -1.77. The van der Waals surface area contributed by atoms with Crippen molar-refractivity contribution in [2.24, 2.45) is 0 Å². The van der Waals surface area contributed by atoms with Gasteiger partial charge >= 0.3 is 6.18 Å². The van der Waals surface area contributed by atoms with Crippen molar-refractivity contribution in [1.82, 2.24) is 0 Å². The highest BCUT2D eigenvalue weighted by molar-refractivity contribution is 5.84. The van der Waals surface area contributed by atoms with Gasteiger partial charge in [0.1, 0.15) is 18.5 Å². The van der Waals surface area contributed by atoms with E-state index in [-0.39, 0.29) is 0 Å². The Morgan fingerprint density at radius 1 is 1.10 bits per heavy atom. The van der Waals surface area contributed by atoms with E-state index in [1.807, 2.05) is 12.1 Å². The van der Waals surface area contributed by atoms with Gasteiger partial charge in [-0.15, -0.1) is 0 Å². The van der Waals surface area contributed by atoms with Gasteiger partial charge in [0.15, 0.2) is 0 Å². The first-order chi connectivity index (χ1) is 9.89. The van der Waals surface area contributed by atoms with E-state index in [4.69, 9.17) is 4.74 Å². The molecule has 1 atom stereocenters. The Bertz CT molecular complexity index is 611. The van der Waals surface area contributed by atoms with Gasteiger partial charge in [-0.05, 0) is 34.5 Å². The van der Waals surface area contributed by atoms with Crippen molar-refractivity contribution in [2.45, 2.75) is 12.3 Å². The zero-order valence-electron chi connectivity index (χ0n) is 11.4. The van der Waals surface area contributed by atoms with Gasteiger partial charge < -0.3 is 14.6 Å². The number of ether oxygens (including phenoxy) is 2. The van der Waals surface area contributed by atoms with Gasteiger partial charge in [-0.1, -0.05) is 18.2 Å². The summed E-state index contributed by atoms with van der Waals surface area (Å²) in [5.74, 6) is 0.712. The van der Waals surface area contributed by atoms with Crippen LogP contribution in [0, 0.1) is 0 Å². The van der Waals surface area contributed by atoms with Crippen molar-refractivity contribution in [3.8, 4) is 5.75 Å². The molecule has 3 nitrogen and oxygen atoms in total. The normalized spacial score (nSPS) is 13.4. The maximum atomic E-state index is 12.0. The standard InChI is InChI=1S/C15H15F3O3/c1-20-13-5-4-10-6-12(3-2-11(10)7-13)14(19)8-21-9-15(16,17)18/h2-7,14,19H,8-9H2,1H3. The second-order valence-electron chi connectivity index (χ2n) is 4.62. The topological polar surface area (TPSA) is 38.7 Å². The molecule has 0 bridgehead atoms. The molecule has 2 aromatic carbocycles. The summed E-state index contributed by atoms with van der Waals surface area (Å²) in [6.07, 6.45) is -5.49. The number of aliphatic hydroxyl groups excluding tert-OH is 1. The van der Waals surface area contributed by atoms with E-state index in [0.717, 1.165) is 10.8 Å². The molecule has 1 N–H and O–H groups in total. The molecule has 0 saturated heterocycles. The minimum atomic E-state index is -4.39. The minimum absolute atomic E-state index is 0.402. The Kier molecular flexibility index (Phi) is 4.69. The lowest BCUT2D eigenvalue weighted by Crippen LogP contribution is -2.19. The molecule has 0 amide bonds. The molecule has 21 heavy (non-hydrogen) atoms. The van der Waals surface area contributed by atoms with Gasteiger partial charge in [-0.2, -0.15) is 13.2 Å². The molecule has 2 rings (SSSR count). The molecule has 0 aliphatic heterocycles. The number of alkyl halides is 3. The number of methoxy groups -OCH3 is 1. The number of hydrogen-bond donors (Lipinski definition) is 1. The van der Waals surface area contributed by atoms with Gasteiger partial charge in [0.25, 0.3) is 0 Å². The molecular formula is C15H15F3O3. The van der Waals surface area contributed by atoms with Crippen molar-refractivity contribution in [2.75, 3.05) is 20.3 Å². The Labute approximate surface area is 119 Å². The molecule has 114 valence electrons. The van der Waals surface area contributed by atoms with Crippen LogP contribution < -0.4 is 4.74 Å². The average Bonchev–Trinajstić information content (AvgIpc) is 2.44. The Morgan fingerprint density at radius 2 is 1.76 bits per heavy atom. The molecular weight excluding hydrogens is 285 g/mol. The average molecular weight is 300 g/mol. The smallest absolute Gasteiger partial charge is 0.411 e. The second-order valence-corrected chi connectivity index (χ2v) is 4.62. The molecule has 0 aromatic heterocycles. The summed E-state index contributed by atoms with van der Waals surface area (Å²) in [5, 5.41) is 11.6. The molecule has 0 radical (unpaired) electrons. The maximum absolute atomic E-state index is 12.0. The number of fused-ring (bicyclic) bond motifs is 1. The zero-order chi connectivity index (χ0) is 15.5. The van der Waals surface area contributed by atoms with Gasteiger partial charge in [0, 0.05) is 0 Å². The second kappa shape index (κ2) is 6.32. The number of benzene rings is 2. The van der Waals surface area contributed by atoms with Crippen LogP contribution in [0.15, 0.2) is 36.4 Å². The lowest BCUT2D eigenvalue weighted by atomic mass is 10.0. The number of hydrogen-bond acceptors (Lipinski definition) is 3. The lowest BCUT2D eigenvalue weighted by Gasteiger charge is -2.14. The van der Waals surface area contributed by atoms with Crippen molar-refractivity contribution >= 4 is 10.8 Å². The third-order valence-electron chi connectivity index (χ3n) is 3.00. The summed E-state index contributed by atoms with van der Waals surface area (Å²) >= 11 is 0. The van der Waals surface area contributed by atoms with Crippen LogP contribution in [0.5, 0.6) is 5.75 Å². The summed E-state index contributed by atoms with van der Waals surface area (Å²) in [4.78, 5) is 0. The van der Waals surface area contributed by atoms with E-state index < -0.39 is 25.5 Å². The Morgan fingerprint density at radius 3 is 2.43 bits per heavy atom. The van der Waals surface area contributed by atoms with Crippen molar-refractivity contribution in [3.05, 3.63) is 42.0 Å². The van der Waals surface area contributed by atoms with Gasteiger partial charge in [-0.3, -0.25) is 0 Å². The highest BCUT2D eigenvalue weighted by atomic mass is 19.4. The Hall–Kier alpha value is -1.79. The van der Waals surface area contributed by atoms with Crippen LogP contribution in [-0.4, -0.2) is 31.6 Å². The maximum Gasteiger partial charge on any atom is 0.411 e. The van der Waals surface area contributed by atoms with Crippen LogP contribution in [0.3, 0.4) is 0 Å². The van der Waals surface area contributed by atoms with Gasteiger partial charge in [0.2, 0.25) is 0 Å². The molecule has 0 fully saturated rings. The molecule has 0 heterocycles. The fourth-order valence-corrected chi connectivity index (χ4v) is 1.96. The summed E-state index contributed by atoms with van der Waals surface area (Å²) in [5.41, 5.74) is 0.509. The molecule has 0 aliphatic carbocycles. The summed E-state index contributed by atoms with van der Waals surface area (Å²) < 4.78 is 45.5.